The summed E-state index contributed by atoms with van der Waals surface area (Å²) in [6.07, 6.45) is 3.53. The Labute approximate surface area is 60.6 Å². The Kier molecular flexibility index (Phi) is 2.05. The molecule has 0 atom stereocenters. The monoisotopic (exact) mass is 134 g/mol. The summed E-state index contributed by atoms with van der Waals surface area (Å²) in [5, 5.41) is 2.96. The van der Waals surface area contributed by atoms with E-state index >= 15 is 0 Å². The van der Waals surface area contributed by atoms with Gasteiger partial charge in [0.05, 0.1) is 0 Å². The third kappa shape index (κ3) is 1.16. The first-order valence-corrected chi connectivity index (χ1v) is 3.13. The highest BCUT2D eigenvalue weighted by Gasteiger charge is 1.92. The van der Waals surface area contributed by atoms with Crippen molar-refractivity contribution in [2.24, 2.45) is 0 Å². The molecule has 0 saturated carbocycles. The molecule has 1 N–H and O–H groups in total. The largest absolute Gasteiger partial charge is 0.373 e. The first kappa shape index (κ1) is 6.81. The van der Waals surface area contributed by atoms with E-state index in [9.17, 15) is 0 Å². The number of aromatic nitrogens is 1. The van der Waals surface area contributed by atoms with Crippen molar-refractivity contribution < 1.29 is 0 Å². The van der Waals surface area contributed by atoms with Gasteiger partial charge in [0.2, 0.25) is 0 Å². The average Bonchev–Trinajstić information content (AvgIpc) is 2.04. The summed E-state index contributed by atoms with van der Waals surface area (Å²) < 4.78 is 0. The van der Waals surface area contributed by atoms with Crippen LogP contribution in [0.1, 0.15) is 5.56 Å². The van der Waals surface area contributed by atoms with Crippen LogP contribution in [0.2, 0.25) is 0 Å². The topological polar surface area (TPSA) is 24.9 Å². The van der Waals surface area contributed by atoms with Gasteiger partial charge in [0.15, 0.2) is 0 Å². The summed E-state index contributed by atoms with van der Waals surface area (Å²) in [6, 6.07) is 3.85. The number of nitrogens with zero attached hydrogens (tertiary/aromatic N) is 1. The van der Waals surface area contributed by atoms with Crippen molar-refractivity contribution in [3.8, 4) is 0 Å². The molecule has 1 rings (SSSR count). The number of hydrogen-bond acceptors (Lipinski definition) is 2. The first-order valence-electron chi connectivity index (χ1n) is 3.13. The first-order chi connectivity index (χ1) is 4.88. The number of pyridine rings is 1. The maximum absolute atomic E-state index is 4.09. The predicted octanol–water partition coefficient (Wildman–Crippen LogP) is 1.77. The Morgan fingerprint density at radius 3 is 3.00 bits per heavy atom. The van der Waals surface area contributed by atoms with Gasteiger partial charge in [-0.3, -0.25) is 0 Å². The van der Waals surface area contributed by atoms with Crippen LogP contribution in [0.5, 0.6) is 0 Å². The fourth-order valence-corrected chi connectivity index (χ4v) is 0.791. The Balaban J connectivity index is 3.08. The second-order valence-corrected chi connectivity index (χ2v) is 1.90. The third-order valence-corrected chi connectivity index (χ3v) is 1.30. The Hall–Kier alpha value is -1.31. The lowest BCUT2D eigenvalue weighted by Gasteiger charge is -2.00. The maximum atomic E-state index is 4.09. The molecule has 1 aromatic rings. The van der Waals surface area contributed by atoms with Crippen LogP contribution in [0.3, 0.4) is 0 Å². The molecule has 2 heteroatoms. The van der Waals surface area contributed by atoms with Gasteiger partial charge < -0.3 is 5.32 Å². The molecular formula is C8H10N2. The van der Waals surface area contributed by atoms with Crippen molar-refractivity contribution in [3.63, 3.8) is 0 Å². The van der Waals surface area contributed by atoms with Gasteiger partial charge in [-0.1, -0.05) is 12.7 Å². The van der Waals surface area contributed by atoms with Crippen LogP contribution < -0.4 is 5.32 Å². The van der Waals surface area contributed by atoms with Crippen LogP contribution >= 0.6 is 0 Å². The molecule has 2 nitrogen and oxygen atoms in total. The van der Waals surface area contributed by atoms with Gasteiger partial charge in [-0.05, 0) is 12.1 Å². The molecule has 0 saturated heterocycles. The molecule has 10 heavy (non-hydrogen) atoms. The normalized spacial score (nSPS) is 8.90. The number of hydrogen-bond donors (Lipinski definition) is 1. The smallest absolute Gasteiger partial charge is 0.132 e. The van der Waals surface area contributed by atoms with Crippen LogP contribution in [0, 0.1) is 0 Å². The van der Waals surface area contributed by atoms with Crippen molar-refractivity contribution in [2.75, 3.05) is 12.4 Å². The molecule has 0 radical (unpaired) electrons. The predicted molar refractivity (Wildman–Crippen MR) is 43.9 cm³/mol. The zero-order valence-corrected chi connectivity index (χ0v) is 5.96. The quantitative estimate of drug-likeness (QED) is 0.666. The van der Waals surface area contributed by atoms with Crippen LogP contribution in [0.25, 0.3) is 6.08 Å². The van der Waals surface area contributed by atoms with E-state index in [4.69, 9.17) is 0 Å². The molecule has 0 amide bonds. The fraction of sp³-hybridized carbons (Fsp3) is 0.125. The van der Waals surface area contributed by atoms with E-state index in [-0.39, 0.29) is 0 Å². The second-order valence-electron chi connectivity index (χ2n) is 1.90. The van der Waals surface area contributed by atoms with Gasteiger partial charge in [0, 0.05) is 18.8 Å². The van der Waals surface area contributed by atoms with Gasteiger partial charge in [-0.2, -0.15) is 0 Å². The molecule has 52 valence electrons. The van der Waals surface area contributed by atoms with Crippen LogP contribution in [0.15, 0.2) is 24.9 Å². The highest BCUT2D eigenvalue weighted by molar-refractivity contribution is 5.60. The summed E-state index contributed by atoms with van der Waals surface area (Å²) >= 11 is 0. The molecule has 0 aromatic carbocycles. The Morgan fingerprint density at radius 1 is 1.70 bits per heavy atom. The van der Waals surface area contributed by atoms with Gasteiger partial charge in [-0.25, -0.2) is 4.98 Å². The molecule has 0 aliphatic carbocycles. The number of nitrogens with one attached hydrogen (secondary N) is 1. The standard InChI is InChI=1S/C8H10N2/c1-3-7-5-4-6-10-8(7)9-2/h3-6H,1H2,2H3,(H,9,10). The van der Waals surface area contributed by atoms with E-state index in [1.165, 1.54) is 0 Å². The molecule has 0 unspecified atom stereocenters. The molecule has 1 aromatic heterocycles. The summed E-state index contributed by atoms with van der Waals surface area (Å²) in [6.45, 7) is 3.66. The maximum Gasteiger partial charge on any atom is 0.132 e. The van der Waals surface area contributed by atoms with E-state index in [1.54, 1.807) is 12.3 Å². The minimum Gasteiger partial charge on any atom is -0.373 e. The Bertz CT molecular complexity index is 230. The molecule has 1 heterocycles. The third-order valence-electron chi connectivity index (χ3n) is 1.30. The number of rotatable bonds is 2. The highest BCUT2D eigenvalue weighted by Crippen LogP contribution is 2.10. The number of anilines is 1. The lowest BCUT2D eigenvalue weighted by Crippen LogP contribution is -1.93. The minimum absolute atomic E-state index is 0.873. The zero-order valence-electron chi connectivity index (χ0n) is 5.96. The summed E-state index contributed by atoms with van der Waals surface area (Å²) in [5.41, 5.74) is 1.03. The SMILES string of the molecule is C=Cc1cccnc1NC. The molecular weight excluding hydrogens is 124 g/mol. The molecule has 0 aliphatic heterocycles. The van der Waals surface area contributed by atoms with E-state index in [1.807, 2.05) is 19.2 Å². The highest BCUT2D eigenvalue weighted by atomic mass is 14.9. The van der Waals surface area contributed by atoms with E-state index in [0.29, 0.717) is 0 Å². The van der Waals surface area contributed by atoms with E-state index < -0.39 is 0 Å². The van der Waals surface area contributed by atoms with Crippen molar-refractivity contribution in [3.05, 3.63) is 30.5 Å². The van der Waals surface area contributed by atoms with Gasteiger partial charge in [-0.15, -0.1) is 0 Å². The van der Waals surface area contributed by atoms with Crippen molar-refractivity contribution in [1.29, 1.82) is 0 Å². The summed E-state index contributed by atoms with van der Waals surface area (Å²) in [4.78, 5) is 4.09. The van der Waals surface area contributed by atoms with E-state index in [0.717, 1.165) is 11.4 Å². The average molecular weight is 134 g/mol. The second kappa shape index (κ2) is 3.01. The van der Waals surface area contributed by atoms with Crippen molar-refractivity contribution >= 4 is 11.9 Å². The minimum atomic E-state index is 0.873. The van der Waals surface area contributed by atoms with E-state index in [2.05, 4.69) is 16.9 Å². The lowest BCUT2D eigenvalue weighted by atomic mass is 10.2. The molecule has 0 aliphatic rings. The van der Waals surface area contributed by atoms with Gasteiger partial charge in [0.1, 0.15) is 5.82 Å². The van der Waals surface area contributed by atoms with Crippen molar-refractivity contribution in [1.82, 2.24) is 4.98 Å². The summed E-state index contributed by atoms with van der Waals surface area (Å²) in [5.74, 6) is 0.873. The molecule has 0 fully saturated rings. The lowest BCUT2D eigenvalue weighted by molar-refractivity contribution is 1.28. The Morgan fingerprint density at radius 2 is 2.50 bits per heavy atom. The van der Waals surface area contributed by atoms with Crippen molar-refractivity contribution in [2.45, 2.75) is 0 Å². The summed E-state index contributed by atoms with van der Waals surface area (Å²) in [7, 11) is 1.84. The fourth-order valence-electron chi connectivity index (χ4n) is 0.791. The van der Waals surface area contributed by atoms with Crippen LogP contribution in [0.4, 0.5) is 5.82 Å². The van der Waals surface area contributed by atoms with Gasteiger partial charge in [0.25, 0.3) is 0 Å². The van der Waals surface area contributed by atoms with Crippen LogP contribution in [-0.4, -0.2) is 12.0 Å². The van der Waals surface area contributed by atoms with Gasteiger partial charge >= 0.3 is 0 Å². The van der Waals surface area contributed by atoms with Crippen LogP contribution in [-0.2, 0) is 0 Å². The zero-order chi connectivity index (χ0) is 7.40. The molecule has 0 bridgehead atoms. The molecule has 0 spiro atoms.